The van der Waals surface area contributed by atoms with E-state index in [0.717, 1.165) is 11.4 Å². The number of anilines is 2. The first-order chi connectivity index (χ1) is 9.66. The average Bonchev–Trinajstić information content (AvgIpc) is 2.46. The molecule has 0 radical (unpaired) electrons. The Morgan fingerprint density at radius 2 is 1.75 bits per heavy atom. The Hall–Kier alpha value is -2.33. The maximum atomic E-state index is 12.1. The van der Waals surface area contributed by atoms with E-state index in [-0.39, 0.29) is 12.5 Å². The summed E-state index contributed by atoms with van der Waals surface area (Å²) in [5, 5.41) is 15.1. The molecule has 4 nitrogen and oxygen atoms in total. The summed E-state index contributed by atoms with van der Waals surface area (Å²) in [4.78, 5) is 12.1. The molecular formula is C16H18N2O2. The number of aliphatic hydroxyl groups excluding tert-OH is 1. The Bertz CT molecular complexity index is 568. The SMILES string of the molecule is CC(O)CNC(=O)c1ccccc1Nc1ccccc1. The Balaban J connectivity index is 2.16. The van der Waals surface area contributed by atoms with Gasteiger partial charge >= 0.3 is 0 Å². The number of carbonyl (C=O) groups is 1. The number of hydrogen-bond donors (Lipinski definition) is 3. The van der Waals surface area contributed by atoms with E-state index < -0.39 is 6.10 Å². The molecule has 0 bridgehead atoms. The summed E-state index contributed by atoms with van der Waals surface area (Å²) in [7, 11) is 0. The minimum absolute atomic E-state index is 0.204. The van der Waals surface area contributed by atoms with Crippen molar-refractivity contribution in [3.63, 3.8) is 0 Å². The van der Waals surface area contributed by atoms with Crippen LogP contribution >= 0.6 is 0 Å². The molecule has 20 heavy (non-hydrogen) atoms. The van der Waals surface area contributed by atoms with E-state index in [1.165, 1.54) is 0 Å². The van der Waals surface area contributed by atoms with Crippen LogP contribution in [0.2, 0.25) is 0 Å². The van der Waals surface area contributed by atoms with E-state index in [0.29, 0.717) is 5.56 Å². The Kier molecular flexibility index (Phi) is 4.74. The van der Waals surface area contributed by atoms with Crippen molar-refractivity contribution in [1.82, 2.24) is 5.32 Å². The van der Waals surface area contributed by atoms with Crippen LogP contribution in [0.4, 0.5) is 11.4 Å². The molecular weight excluding hydrogens is 252 g/mol. The second-order valence-electron chi connectivity index (χ2n) is 4.60. The van der Waals surface area contributed by atoms with Crippen LogP contribution in [0.1, 0.15) is 17.3 Å². The standard InChI is InChI=1S/C16H18N2O2/c1-12(19)11-17-16(20)14-9-5-6-10-15(14)18-13-7-3-2-4-8-13/h2-10,12,18-19H,11H2,1H3,(H,17,20). The minimum atomic E-state index is -0.562. The number of para-hydroxylation sites is 2. The van der Waals surface area contributed by atoms with E-state index in [2.05, 4.69) is 10.6 Å². The quantitative estimate of drug-likeness (QED) is 0.782. The third kappa shape index (κ3) is 3.83. The molecule has 0 spiro atoms. The van der Waals surface area contributed by atoms with Crippen LogP contribution < -0.4 is 10.6 Å². The summed E-state index contributed by atoms with van der Waals surface area (Å²) in [5.74, 6) is -0.204. The smallest absolute Gasteiger partial charge is 0.253 e. The molecule has 0 aliphatic rings. The molecule has 1 unspecified atom stereocenters. The fraction of sp³-hybridized carbons (Fsp3) is 0.188. The van der Waals surface area contributed by atoms with Gasteiger partial charge in [0.05, 0.1) is 17.4 Å². The van der Waals surface area contributed by atoms with Crippen molar-refractivity contribution < 1.29 is 9.90 Å². The lowest BCUT2D eigenvalue weighted by atomic mass is 10.1. The summed E-state index contributed by atoms with van der Waals surface area (Å²) in [6.07, 6.45) is -0.562. The van der Waals surface area contributed by atoms with Crippen molar-refractivity contribution in [3.8, 4) is 0 Å². The van der Waals surface area contributed by atoms with Crippen molar-refractivity contribution in [2.24, 2.45) is 0 Å². The molecule has 2 aromatic rings. The first-order valence-corrected chi connectivity index (χ1v) is 6.54. The van der Waals surface area contributed by atoms with Gasteiger partial charge in [0, 0.05) is 12.2 Å². The van der Waals surface area contributed by atoms with Crippen LogP contribution in [0.5, 0.6) is 0 Å². The van der Waals surface area contributed by atoms with Gasteiger partial charge in [-0.2, -0.15) is 0 Å². The number of nitrogens with one attached hydrogen (secondary N) is 2. The van der Waals surface area contributed by atoms with E-state index in [4.69, 9.17) is 0 Å². The normalized spacial score (nSPS) is 11.7. The zero-order valence-electron chi connectivity index (χ0n) is 11.3. The third-order valence-electron chi connectivity index (χ3n) is 2.78. The first kappa shape index (κ1) is 14.1. The number of aliphatic hydroxyl groups is 1. The van der Waals surface area contributed by atoms with Crippen LogP contribution in [-0.2, 0) is 0 Å². The largest absolute Gasteiger partial charge is 0.392 e. The van der Waals surface area contributed by atoms with Crippen molar-refractivity contribution in [2.45, 2.75) is 13.0 Å². The summed E-state index contributed by atoms with van der Waals surface area (Å²) >= 11 is 0. The molecule has 2 aromatic carbocycles. The summed E-state index contributed by atoms with van der Waals surface area (Å²) < 4.78 is 0. The van der Waals surface area contributed by atoms with E-state index in [1.54, 1.807) is 13.0 Å². The predicted octanol–water partition coefficient (Wildman–Crippen LogP) is 2.54. The van der Waals surface area contributed by atoms with Gasteiger partial charge in [0.15, 0.2) is 0 Å². The maximum absolute atomic E-state index is 12.1. The van der Waals surface area contributed by atoms with Crippen LogP contribution in [0.25, 0.3) is 0 Å². The average molecular weight is 270 g/mol. The number of benzene rings is 2. The fourth-order valence-corrected chi connectivity index (χ4v) is 1.80. The number of rotatable bonds is 5. The molecule has 1 atom stereocenters. The van der Waals surface area contributed by atoms with Gasteiger partial charge in [-0.1, -0.05) is 30.3 Å². The third-order valence-corrected chi connectivity index (χ3v) is 2.78. The second kappa shape index (κ2) is 6.73. The highest BCUT2D eigenvalue weighted by Gasteiger charge is 2.11. The molecule has 0 fully saturated rings. The maximum Gasteiger partial charge on any atom is 0.253 e. The lowest BCUT2D eigenvalue weighted by molar-refractivity contribution is 0.0925. The van der Waals surface area contributed by atoms with Crippen molar-refractivity contribution >= 4 is 17.3 Å². The molecule has 0 heterocycles. The van der Waals surface area contributed by atoms with Crippen LogP contribution in [0, 0.1) is 0 Å². The lowest BCUT2D eigenvalue weighted by Crippen LogP contribution is -2.30. The Morgan fingerprint density at radius 3 is 2.45 bits per heavy atom. The van der Waals surface area contributed by atoms with Crippen LogP contribution in [-0.4, -0.2) is 23.7 Å². The number of amides is 1. The van der Waals surface area contributed by atoms with Crippen molar-refractivity contribution in [3.05, 3.63) is 60.2 Å². The van der Waals surface area contributed by atoms with Gasteiger partial charge in [0.1, 0.15) is 0 Å². The van der Waals surface area contributed by atoms with Gasteiger partial charge in [-0.25, -0.2) is 0 Å². The molecule has 0 saturated heterocycles. The van der Waals surface area contributed by atoms with Gasteiger partial charge in [-0.3, -0.25) is 4.79 Å². The molecule has 2 rings (SSSR count). The molecule has 1 amide bonds. The minimum Gasteiger partial charge on any atom is -0.392 e. The zero-order chi connectivity index (χ0) is 14.4. The lowest BCUT2D eigenvalue weighted by Gasteiger charge is -2.13. The molecule has 0 saturated carbocycles. The predicted molar refractivity (Wildman–Crippen MR) is 80.2 cm³/mol. The van der Waals surface area contributed by atoms with Crippen LogP contribution in [0.15, 0.2) is 54.6 Å². The van der Waals surface area contributed by atoms with Gasteiger partial charge in [-0.15, -0.1) is 0 Å². The van der Waals surface area contributed by atoms with Gasteiger partial charge < -0.3 is 15.7 Å². The Morgan fingerprint density at radius 1 is 1.10 bits per heavy atom. The second-order valence-corrected chi connectivity index (χ2v) is 4.60. The number of hydrogen-bond acceptors (Lipinski definition) is 3. The fourth-order valence-electron chi connectivity index (χ4n) is 1.80. The molecule has 0 aliphatic heterocycles. The van der Waals surface area contributed by atoms with Gasteiger partial charge in [0.2, 0.25) is 0 Å². The van der Waals surface area contributed by atoms with E-state index in [1.807, 2.05) is 48.5 Å². The Labute approximate surface area is 118 Å². The van der Waals surface area contributed by atoms with E-state index in [9.17, 15) is 9.90 Å². The summed E-state index contributed by atoms with van der Waals surface area (Å²) in [5.41, 5.74) is 2.21. The van der Waals surface area contributed by atoms with E-state index >= 15 is 0 Å². The molecule has 3 N–H and O–H groups in total. The van der Waals surface area contributed by atoms with Gasteiger partial charge in [-0.05, 0) is 31.2 Å². The highest BCUT2D eigenvalue weighted by atomic mass is 16.3. The highest BCUT2D eigenvalue weighted by molar-refractivity contribution is 6.00. The zero-order valence-corrected chi connectivity index (χ0v) is 11.3. The van der Waals surface area contributed by atoms with Crippen molar-refractivity contribution in [2.75, 3.05) is 11.9 Å². The van der Waals surface area contributed by atoms with Crippen molar-refractivity contribution in [1.29, 1.82) is 0 Å². The molecule has 0 aliphatic carbocycles. The monoisotopic (exact) mass is 270 g/mol. The molecule has 0 aromatic heterocycles. The topological polar surface area (TPSA) is 61.4 Å². The number of carbonyl (C=O) groups excluding carboxylic acids is 1. The summed E-state index contributed by atoms with van der Waals surface area (Å²) in [6, 6.07) is 17.0. The van der Waals surface area contributed by atoms with Crippen LogP contribution in [0.3, 0.4) is 0 Å². The van der Waals surface area contributed by atoms with Gasteiger partial charge in [0.25, 0.3) is 5.91 Å². The summed E-state index contributed by atoms with van der Waals surface area (Å²) in [6.45, 7) is 1.87. The first-order valence-electron chi connectivity index (χ1n) is 6.54. The molecule has 104 valence electrons. The molecule has 4 heteroatoms. The highest BCUT2D eigenvalue weighted by Crippen LogP contribution is 2.20.